The van der Waals surface area contributed by atoms with Gasteiger partial charge in [0.25, 0.3) is 0 Å². The number of benzene rings is 1. The number of carbonyl (C=O) groups excluding carboxylic acids is 2. The van der Waals surface area contributed by atoms with Crippen LogP contribution in [0.1, 0.15) is 45.2 Å². The maximum absolute atomic E-state index is 11.9. The average molecular weight is 318 g/mol. The van der Waals surface area contributed by atoms with Crippen LogP contribution in [0.4, 0.5) is 0 Å². The van der Waals surface area contributed by atoms with Crippen molar-refractivity contribution in [2.75, 3.05) is 6.61 Å². The van der Waals surface area contributed by atoms with Crippen molar-refractivity contribution in [3.8, 4) is 5.75 Å². The van der Waals surface area contributed by atoms with Crippen molar-refractivity contribution < 1.29 is 19.1 Å². The van der Waals surface area contributed by atoms with Gasteiger partial charge in [0.1, 0.15) is 12.4 Å². The Balaban J connectivity index is 2.88. The van der Waals surface area contributed by atoms with Gasteiger partial charge < -0.3 is 9.47 Å². The SMILES string of the molecule is C=C(COC(=O)C(C)CC)c1ccc(C)cc1OC(=O)C(C)C. The Hall–Kier alpha value is -2.10. The molecule has 126 valence electrons. The van der Waals surface area contributed by atoms with Crippen LogP contribution < -0.4 is 4.74 Å². The van der Waals surface area contributed by atoms with Crippen LogP contribution in [-0.2, 0) is 14.3 Å². The Morgan fingerprint density at radius 2 is 1.83 bits per heavy atom. The average Bonchev–Trinajstić information content (AvgIpc) is 2.51. The summed E-state index contributed by atoms with van der Waals surface area (Å²) in [4.78, 5) is 23.6. The van der Waals surface area contributed by atoms with E-state index in [0.29, 0.717) is 16.9 Å². The second-order valence-corrected chi connectivity index (χ2v) is 6.10. The Bertz CT molecular complexity index is 587. The molecule has 1 aromatic carbocycles. The lowest BCUT2D eigenvalue weighted by atomic mass is 10.0. The van der Waals surface area contributed by atoms with Gasteiger partial charge in [0, 0.05) is 5.56 Å². The highest BCUT2D eigenvalue weighted by Gasteiger charge is 2.17. The molecule has 1 unspecified atom stereocenters. The molecular formula is C19H26O4. The van der Waals surface area contributed by atoms with E-state index in [1.165, 1.54) is 0 Å². The molecule has 0 aliphatic rings. The molecule has 23 heavy (non-hydrogen) atoms. The fourth-order valence-electron chi connectivity index (χ4n) is 1.78. The van der Waals surface area contributed by atoms with E-state index in [1.54, 1.807) is 19.9 Å². The van der Waals surface area contributed by atoms with Gasteiger partial charge in [-0.25, -0.2) is 0 Å². The molecule has 0 radical (unpaired) electrons. The van der Waals surface area contributed by atoms with Gasteiger partial charge in [0.2, 0.25) is 0 Å². The summed E-state index contributed by atoms with van der Waals surface area (Å²) in [5.74, 6) is -0.463. The first kappa shape index (κ1) is 18.9. The predicted octanol–water partition coefficient (Wildman–Crippen LogP) is 4.16. The summed E-state index contributed by atoms with van der Waals surface area (Å²) < 4.78 is 10.7. The van der Waals surface area contributed by atoms with E-state index in [0.717, 1.165) is 12.0 Å². The molecule has 1 aromatic rings. The molecule has 0 aliphatic carbocycles. The highest BCUT2D eigenvalue weighted by atomic mass is 16.5. The number of aryl methyl sites for hydroxylation is 1. The van der Waals surface area contributed by atoms with Crippen molar-refractivity contribution in [3.05, 3.63) is 35.9 Å². The molecule has 1 atom stereocenters. The van der Waals surface area contributed by atoms with Crippen molar-refractivity contribution in [1.82, 2.24) is 0 Å². The van der Waals surface area contributed by atoms with Crippen molar-refractivity contribution in [1.29, 1.82) is 0 Å². The standard InChI is InChI=1S/C19H26O4/c1-7-14(5)19(21)22-11-15(6)16-9-8-13(4)10-17(16)23-18(20)12(2)3/h8-10,12,14H,6-7,11H2,1-5H3. The minimum atomic E-state index is -0.304. The minimum absolute atomic E-state index is 0.0818. The highest BCUT2D eigenvalue weighted by Crippen LogP contribution is 2.27. The van der Waals surface area contributed by atoms with E-state index in [4.69, 9.17) is 9.47 Å². The summed E-state index contributed by atoms with van der Waals surface area (Å²) in [5.41, 5.74) is 2.26. The van der Waals surface area contributed by atoms with E-state index in [-0.39, 0.29) is 30.4 Å². The first-order valence-corrected chi connectivity index (χ1v) is 7.93. The van der Waals surface area contributed by atoms with Crippen LogP contribution in [0.2, 0.25) is 0 Å². The van der Waals surface area contributed by atoms with Gasteiger partial charge in [-0.3, -0.25) is 9.59 Å². The Labute approximate surface area is 138 Å². The number of hydrogen-bond acceptors (Lipinski definition) is 4. The fraction of sp³-hybridized carbons (Fsp3) is 0.474. The van der Waals surface area contributed by atoms with Crippen molar-refractivity contribution in [3.63, 3.8) is 0 Å². The zero-order valence-electron chi connectivity index (χ0n) is 14.6. The van der Waals surface area contributed by atoms with E-state index in [1.807, 2.05) is 32.9 Å². The molecule has 0 saturated carbocycles. The summed E-state index contributed by atoms with van der Waals surface area (Å²) in [5, 5.41) is 0. The lowest BCUT2D eigenvalue weighted by molar-refractivity contribution is -0.146. The third-order valence-electron chi connectivity index (χ3n) is 3.60. The molecule has 0 N–H and O–H groups in total. The summed E-state index contributed by atoms with van der Waals surface area (Å²) in [6.45, 7) is 13.3. The molecule has 0 aromatic heterocycles. The smallest absolute Gasteiger partial charge is 0.313 e. The molecule has 0 heterocycles. The minimum Gasteiger partial charge on any atom is -0.461 e. The maximum atomic E-state index is 11.9. The number of esters is 2. The van der Waals surface area contributed by atoms with E-state index >= 15 is 0 Å². The van der Waals surface area contributed by atoms with E-state index < -0.39 is 0 Å². The van der Waals surface area contributed by atoms with Crippen LogP contribution in [0.3, 0.4) is 0 Å². The number of rotatable bonds is 7. The maximum Gasteiger partial charge on any atom is 0.313 e. The zero-order valence-corrected chi connectivity index (χ0v) is 14.6. The van der Waals surface area contributed by atoms with Gasteiger partial charge >= 0.3 is 11.9 Å². The normalized spacial score (nSPS) is 11.9. The van der Waals surface area contributed by atoms with Gasteiger partial charge in [0.15, 0.2) is 0 Å². The van der Waals surface area contributed by atoms with Crippen molar-refractivity contribution >= 4 is 17.5 Å². The highest BCUT2D eigenvalue weighted by molar-refractivity contribution is 5.79. The van der Waals surface area contributed by atoms with E-state index in [9.17, 15) is 9.59 Å². The Kier molecular flexibility index (Phi) is 7.01. The molecule has 0 bridgehead atoms. The summed E-state index contributed by atoms with van der Waals surface area (Å²) in [6.07, 6.45) is 0.729. The van der Waals surface area contributed by atoms with Gasteiger partial charge in [-0.05, 0) is 30.5 Å². The van der Waals surface area contributed by atoms with Crippen LogP contribution in [0, 0.1) is 18.8 Å². The molecule has 0 aliphatic heterocycles. The quantitative estimate of drug-likeness (QED) is 0.559. The fourth-order valence-corrected chi connectivity index (χ4v) is 1.78. The van der Waals surface area contributed by atoms with Crippen LogP contribution in [0.25, 0.3) is 5.57 Å². The van der Waals surface area contributed by atoms with Gasteiger partial charge in [0.05, 0.1) is 11.8 Å². The van der Waals surface area contributed by atoms with E-state index in [2.05, 4.69) is 6.58 Å². The van der Waals surface area contributed by atoms with Gasteiger partial charge in [-0.1, -0.05) is 46.4 Å². The molecular weight excluding hydrogens is 292 g/mol. The van der Waals surface area contributed by atoms with Crippen molar-refractivity contribution in [2.45, 2.75) is 41.0 Å². The predicted molar refractivity (Wildman–Crippen MR) is 91.1 cm³/mol. The monoisotopic (exact) mass is 318 g/mol. The zero-order chi connectivity index (χ0) is 17.6. The van der Waals surface area contributed by atoms with Gasteiger partial charge in [-0.2, -0.15) is 0 Å². The third-order valence-corrected chi connectivity index (χ3v) is 3.60. The lowest BCUT2D eigenvalue weighted by Gasteiger charge is -2.15. The van der Waals surface area contributed by atoms with Crippen LogP contribution in [0.5, 0.6) is 5.75 Å². The molecule has 4 nitrogen and oxygen atoms in total. The van der Waals surface area contributed by atoms with Crippen LogP contribution in [0.15, 0.2) is 24.8 Å². The molecule has 0 fully saturated rings. The Morgan fingerprint density at radius 3 is 2.39 bits per heavy atom. The first-order valence-electron chi connectivity index (χ1n) is 7.93. The van der Waals surface area contributed by atoms with Gasteiger partial charge in [-0.15, -0.1) is 0 Å². The molecule has 0 spiro atoms. The Morgan fingerprint density at radius 1 is 1.17 bits per heavy atom. The summed E-state index contributed by atoms with van der Waals surface area (Å²) >= 11 is 0. The van der Waals surface area contributed by atoms with Crippen LogP contribution in [-0.4, -0.2) is 18.5 Å². The molecule has 4 heteroatoms. The molecule has 1 rings (SSSR count). The van der Waals surface area contributed by atoms with Crippen LogP contribution >= 0.6 is 0 Å². The lowest BCUT2D eigenvalue weighted by Crippen LogP contribution is -2.17. The third kappa shape index (κ3) is 5.55. The largest absolute Gasteiger partial charge is 0.461 e. The number of hydrogen-bond donors (Lipinski definition) is 0. The topological polar surface area (TPSA) is 52.6 Å². The first-order chi connectivity index (χ1) is 10.8. The van der Waals surface area contributed by atoms with Crippen molar-refractivity contribution in [2.24, 2.45) is 11.8 Å². The summed E-state index contributed by atoms with van der Waals surface area (Å²) in [6, 6.07) is 5.53. The second kappa shape index (κ2) is 8.51. The molecule has 0 amide bonds. The second-order valence-electron chi connectivity index (χ2n) is 6.10. The number of carbonyl (C=O) groups is 2. The number of ether oxygens (including phenoxy) is 2. The summed E-state index contributed by atoms with van der Waals surface area (Å²) in [7, 11) is 0. The molecule has 0 saturated heterocycles.